The van der Waals surface area contributed by atoms with Crippen molar-refractivity contribution < 1.29 is 0 Å². The van der Waals surface area contributed by atoms with Gasteiger partial charge in [0, 0.05) is 6.54 Å². The highest BCUT2D eigenvalue weighted by atomic mass is 14.9. The van der Waals surface area contributed by atoms with Gasteiger partial charge in [-0.05, 0) is 36.1 Å². The van der Waals surface area contributed by atoms with Crippen LogP contribution in [-0.2, 0) is 6.54 Å². The summed E-state index contributed by atoms with van der Waals surface area (Å²) >= 11 is 0. The second-order valence-electron chi connectivity index (χ2n) is 4.87. The summed E-state index contributed by atoms with van der Waals surface area (Å²) in [5, 5.41) is 3.61. The Morgan fingerprint density at radius 3 is 2.65 bits per heavy atom. The molecular weight excluding hydrogens is 206 g/mol. The topological polar surface area (TPSA) is 12.0 Å². The summed E-state index contributed by atoms with van der Waals surface area (Å²) in [5.41, 5.74) is 6.98. The van der Waals surface area contributed by atoms with E-state index in [1.165, 1.54) is 27.8 Å². The van der Waals surface area contributed by atoms with E-state index in [1.807, 2.05) is 0 Å². The summed E-state index contributed by atoms with van der Waals surface area (Å²) < 4.78 is 0. The highest BCUT2D eigenvalue weighted by molar-refractivity contribution is 5.44. The lowest BCUT2D eigenvalue weighted by Crippen LogP contribution is -2.14. The Balaban J connectivity index is 2.07. The van der Waals surface area contributed by atoms with E-state index >= 15 is 0 Å². The van der Waals surface area contributed by atoms with Gasteiger partial charge >= 0.3 is 0 Å². The van der Waals surface area contributed by atoms with Crippen molar-refractivity contribution in [1.82, 2.24) is 5.32 Å². The van der Waals surface area contributed by atoms with E-state index in [-0.39, 0.29) is 0 Å². The molecule has 0 fully saturated rings. The zero-order chi connectivity index (χ0) is 11.8. The average molecular weight is 223 g/mol. The maximum atomic E-state index is 3.61. The molecule has 0 saturated carbocycles. The summed E-state index contributed by atoms with van der Waals surface area (Å²) in [7, 11) is 0. The molecule has 1 atom stereocenters. The first kappa shape index (κ1) is 10.5. The van der Waals surface area contributed by atoms with Crippen molar-refractivity contribution in [2.75, 3.05) is 0 Å². The van der Waals surface area contributed by atoms with E-state index in [2.05, 4.69) is 61.6 Å². The van der Waals surface area contributed by atoms with Crippen LogP contribution in [0.15, 0.2) is 42.5 Å². The summed E-state index contributed by atoms with van der Waals surface area (Å²) in [6, 6.07) is 15.8. The highest BCUT2D eigenvalue weighted by Crippen LogP contribution is 2.32. The largest absolute Gasteiger partial charge is 0.302 e. The van der Waals surface area contributed by atoms with Crippen molar-refractivity contribution in [3.63, 3.8) is 0 Å². The van der Waals surface area contributed by atoms with Crippen LogP contribution in [0.2, 0.25) is 0 Å². The van der Waals surface area contributed by atoms with Crippen molar-refractivity contribution in [1.29, 1.82) is 0 Å². The van der Waals surface area contributed by atoms with Gasteiger partial charge in [0.1, 0.15) is 0 Å². The predicted octanol–water partition coefficient (Wildman–Crippen LogP) is 3.50. The van der Waals surface area contributed by atoms with E-state index in [0.29, 0.717) is 6.04 Å². The van der Waals surface area contributed by atoms with Crippen LogP contribution in [0.3, 0.4) is 0 Å². The van der Waals surface area contributed by atoms with E-state index in [9.17, 15) is 0 Å². The zero-order valence-electron chi connectivity index (χ0n) is 10.3. The molecule has 86 valence electrons. The SMILES string of the molecule is Cc1ccc2c(c1)CNC2c1ccccc1C. The molecule has 3 rings (SSSR count). The number of rotatable bonds is 1. The van der Waals surface area contributed by atoms with Gasteiger partial charge in [-0.15, -0.1) is 0 Å². The molecule has 0 aliphatic carbocycles. The number of hydrogen-bond donors (Lipinski definition) is 1. The van der Waals surface area contributed by atoms with Crippen LogP contribution >= 0.6 is 0 Å². The van der Waals surface area contributed by atoms with E-state index < -0.39 is 0 Å². The third-order valence-corrected chi connectivity index (χ3v) is 3.61. The van der Waals surface area contributed by atoms with Crippen LogP contribution in [0, 0.1) is 13.8 Å². The second kappa shape index (κ2) is 4.01. The molecule has 0 spiro atoms. The molecule has 1 N–H and O–H groups in total. The molecule has 0 radical (unpaired) electrons. The molecule has 0 amide bonds. The first-order chi connectivity index (χ1) is 8.25. The lowest BCUT2D eigenvalue weighted by atomic mass is 9.94. The van der Waals surface area contributed by atoms with Gasteiger partial charge in [0.05, 0.1) is 6.04 Å². The minimum Gasteiger partial charge on any atom is -0.302 e. The molecule has 1 heteroatoms. The van der Waals surface area contributed by atoms with Crippen molar-refractivity contribution in [2.45, 2.75) is 26.4 Å². The third kappa shape index (κ3) is 1.77. The average Bonchev–Trinajstić information content (AvgIpc) is 2.72. The smallest absolute Gasteiger partial charge is 0.0585 e. The summed E-state index contributed by atoms with van der Waals surface area (Å²) in [5.74, 6) is 0. The van der Waals surface area contributed by atoms with Gasteiger partial charge in [-0.1, -0.05) is 48.0 Å². The van der Waals surface area contributed by atoms with Crippen LogP contribution in [0.1, 0.15) is 33.9 Å². The lowest BCUT2D eigenvalue weighted by molar-refractivity contribution is 0.664. The van der Waals surface area contributed by atoms with Crippen LogP contribution < -0.4 is 5.32 Å². The minimum atomic E-state index is 0.367. The molecule has 1 aliphatic heterocycles. The molecule has 17 heavy (non-hydrogen) atoms. The Labute approximate surface area is 102 Å². The zero-order valence-corrected chi connectivity index (χ0v) is 10.3. The number of fused-ring (bicyclic) bond motifs is 1. The van der Waals surface area contributed by atoms with Gasteiger partial charge in [-0.2, -0.15) is 0 Å². The molecule has 0 aromatic heterocycles. The summed E-state index contributed by atoms with van der Waals surface area (Å²) in [4.78, 5) is 0. The molecule has 1 unspecified atom stereocenters. The first-order valence-corrected chi connectivity index (χ1v) is 6.14. The molecule has 1 aliphatic rings. The summed E-state index contributed by atoms with van der Waals surface area (Å²) in [6.45, 7) is 5.32. The van der Waals surface area contributed by atoms with Gasteiger partial charge in [-0.3, -0.25) is 0 Å². The molecule has 0 saturated heterocycles. The second-order valence-corrected chi connectivity index (χ2v) is 4.87. The van der Waals surface area contributed by atoms with E-state index in [0.717, 1.165) is 6.54 Å². The first-order valence-electron chi connectivity index (χ1n) is 6.14. The normalized spacial score (nSPS) is 18.1. The van der Waals surface area contributed by atoms with Crippen LogP contribution in [-0.4, -0.2) is 0 Å². The molecule has 2 aromatic rings. The van der Waals surface area contributed by atoms with Crippen LogP contribution in [0.4, 0.5) is 0 Å². The molecule has 1 nitrogen and oxygen atoms in total. The predicted molar refractivity (Wildman–Crippen MR) is 71.0 cm³/mol. The molecule has 0 bridgehead atoms. The molecule has 2 aromatic carbocycles. The standard InChI is InChI=1S/C16H17N/c1-11-7-8-15-13(9-11)10-17-16(15)14-6-4-3-5-12(14)2/h3-9,16-17H,10H2,1-2H3. The fourth-order valence-corrected chi connectivity index (χ4v) is 2.68. The Morgan fingerprint density at radius 1 is 1.00 bits per heavy atom. The number of benzene rings is 2. The Morgan fingerprint density at radius 2 is 1.82 bits per heavy atom. The van der Waals surface area contributed by atoms with E-state index in [1.54, 1.807) is 0 Å². The highest BCUT2D eigenvalue weighted by Gasteiger charge is 2.23. The summed E-state index contributed by atoms with van der Waals surface area (Å²) in [6.07, 6.45) is 0. The maximum Gasteiger partial charge on any atom is 0.0585 e. The van der Waals surface area contributed by atoms with Gasteiger partial charge in [-0.25, -0.2) is 0 Å². The number of nitrogens with one attached hydrogen (secondary N) is 1. The van der Waals surface area contributed by atoms with Gasteiger partial charge in [0.2, 0.25) is 0 Å². The van der Waals surface area contributed by atoms with Gasteiger partial charge in [0.25, 0.3) is 0 Å². The fraction of sp³-hybridized carbons (Fsp3) is 0.250. The fourth-order valence-electron chi connectivity index (χ4n) is 2.68. The monoisotopic (exact) mass is 223 g/mol. The maximum absolute atomic E-state index is 3.61. The number of aryl methyl sites for hydroxylation is 2. The van der Waals surface area contributed by atoms with Gasteiger partial charge < -0.3 is 5.32 Å². The Hall–Kier alpha value is -1.60. The van der Waals surface area contributed by atoms with Crippen molar-refractivity contribution in [3.05, 3.63) is 70.3 Å². The van der Waals surface area contributed by atoms with Crippen molar-refractivity contribution >= 4 is 0 Å². The molecule has 1 heterocycles. The Bertz CT molecular complexity index is 557. The minimum absolute atomic E-state index is 0.367. The van der Waals surface area contributed by atoms with Crippen LogP contribution in [0.5, 0.6) is 0 Å². The third-order valence-electron chi connectivity index (χ3n) is 3.61. The van der Waals surface area contributed by atoms with Gasteiger partial charge in [0.15, 0.2) is 0 Å². The lowest BCUT2D eigenvalue weighted by Gasteiger charge is -2.15. The van der Waals surface area contributed by atoms with Crippen molar-refractivity contribution in [3.8, 4) is 0 Å². The quantitative estimate of drug-likeness (QED) is 0.780. The van der Waals surface area contributed by atoms with E-state index in [4.69, 9.17) is 0 Å². The van der Waals surface area contributed by atoms with Crippen molar-refractivity contribution in [2.24, 2.45) is 0 Å². The molecular formula is C16H17N. The Kier molecular flexibility index (Phi) is 2.49. The number of hydrogen-bond acceptors (Lipinski definition) is 1. The van der Waals surface area contributed by atoms with Crippen LogP contribution in [0.25, 0.3) is 0 Å².